The predicted octanol–water partition coefficient (Wildman–Crippen LogP) is 6.35. The molecule has 0 bridgehead atoms. The van der Waals surface area contributed by atoms with E-state index < -0.39 is 0 Å². The lowest BCUT2D eigenvalue weighted by Crippen LogP contribution is -2.41. The molecule has 0 fully saturated rings. The lowest BCUT2D eigenvalue weighted by atomic mass is 9.38. The number of aromatic amines is 1. The third kappa shape index (κ3) is 8.19. The highest BCUT2D eigenvalue weighted by Gasteiger charge is 2.17. The van der Waals surface area contributed by atoms with Gasteiger partial charge in [0.15, 0.2) is 0 Å². The Labute approximate surface area is 204 Å². The van der Waals surface area contributed by atoms with Crippen molar-refractivity contribution in [3.05, 3.63) is 126 Å². The van der Waals surface area contributed by atoms with Crippen LogP contribution in [0.3, 0.4) is 0 Å². The number of nitrogens with zero attached hydrogens (tertiary/aromatic N) is 1. The maximum atomic E-state index is 13.2. The van der Waals surface area contributed by atoms with E-state index in [9.17, 15) is 4.39 Å². The van der Waals surface area contributed by atoms with Crippen LogP contribution in [0.1, 0.15) is 43.6 Å². The number of rotatable bonds is 9. The molecule has 0 radical (unpaired) electrons. The fourth-order valence-corrected chi connectivity index (χ4v) is 4.06. The largest absolute Gasteiger partial charge is 0.348 e. The van der Waals surface area contributed by atoms with Gasteiger partial charge in [-0.1, -0.05) is 110 Å². The smallest absolute Gasteiger partial charge is 0.209 e. The molecular formula is C30H34BFN2. The first-order valence-corrected chi connectivity index (χ1v) is 12.2. The van der Waals surface area contributed by atoms with E-state index in [1.807, 2.05) is 13.0 Å². The van der Waals surface area contributed by atoms with E-state index in [1.165, 1.54) is 17.2 Å². The molecule has 0 aliphatic rings. The van der Waals surface area contributed by atoms with Gasteiger partial charge in [0.2, 0.25) is 6.71 Å². The van der Waals surface area contributed by atoms with Crippen LogP contribution in [0.5, 0.6) is 0 Å². The highest BCUT2D eigenvalue weighted by atomic mass is 19.1. The van der Waals surface area contributed by atoms with Crippen LogP contribution in [-0.4, -0.2) is 16.7 Å². The Morgan fingerprint density at radius 3 is 2.06 bits per heavy atom. The standard InChI is InChI=1S/C18H21B.C12H13FN2/c1-2-3-4-11-16-19(17-12-7-5-8-13-17)18-14-9-6-10-15-18;1-2-9-5-10(7-11(13)6-9)8-12-14-3-4-15-12/h3-10,12-15H,2,11,16H2,1H3;3-7H,2,8H2,1H3,(H,14,15). The zero-order valence-electron chi connectivity index (χ0n) is 20.3. The van der Waals surface area contributed by atoms with Crippen LogP contribution in [0.25, 0.3) is 0 Å². The normalized spacial score (nSPS) is 10.7. The second-order valence-electron chi connectivity index (χ2n) is 8.36. The number of hydrogen-bond acceptors (Lipinski definition) is 1. The van der Waals surface area contributed by atoms with Crippen molar-refractivity contribution in [3.8, 4) is 0 Å². The number of hydrogen-bond donors (Lipinski definition) is 1. The summed E-state index contributed by atoms with van der Waals surface area (Å²) in [5, 5.41) is 0. The highest BCUT2D eigenvalue weighted by molar-refractivity contribution is 6.85. The first-order chi connectivity index (χ1) is 16.7. The Kier molecular flexibility index (Phi) is 10.4. The molecule has 2 nitrogen and oxygen atoms in total. The lowest BCUT2D eigenvalue weighted by Gasteiger charge is -2.13. The van der Waals surface area contributed by atoms with E-state index in [0.29, 0.717) is 13.1 Å². The molecule has 0 amide bonds. The van der Waals surface area contributed by atoms with Crippen LogP contribution in [-0.2, 0) is 12.8 Å². The second kappa shape index (κ2) is 14.0. The Morgan fingerprint density at radius 2 is 1.50 bits per heavy atom. The Hall–Kier alpha value is -3.40. The second-order valence-corrected chi connectivity index (χ2v) is 8.36. The van der Waals surface area contributed by atoms with Crippen molar-refractivity contribution in [2.75, 3.05) is 0 Å². The number of benzene rings is 3. The molecule has 1 heterocycles. The number of halogens is 1. The fourth-order valence-electron chi connectivity index (χ4n) is 4.06. The van der Waals surface area contributed by atoms with Crippen LogP contribution >= 0.6 is 0 Å². The number of H-pyrrole nitrogens is 1. The summed E-state index contributed by atoms with van der Waals surface area (Å²) in [6.07, 6.45) is 13.0. The third-order valence-electron chi connectivity index (χ3n) is 5.78. The third-order valence-corrected chi connectivity index (χ3v) is 5.78. The summed E-state index contributed by atoms with van der Waals surface area (Å²) < 4.78 is 13.2. The Bertz CT molecular complexity index is 1070. The van der Waals surface area contributed by atoms with Crippen molar-refractivity contribution < 1.29 is 4.39 Å². The van der Waals surface area contributed by atoms with Crippen molar-refractivity contribution in [3.63, 3.8) is 0 Å². The van der Waals surface area contributed by atoms with Crippen molar-refractivity contribution in [1.29, 1.82) is 0 Å². The molecule has 4 rings (SSSR count). The van der Waals surface area contributed by atoms with E-state index in [4.69, 9.17) is 0 Å². The van der Waals surface area contributed by atoms with Gasteiger partial charge in [0.1, 0.15) is 11.6 Å². The number of allylic oxidation sites excluding steroid dienone is 2. The molecule has 0 saturated carbocycles. The predicted molar refractivity (Wildman–Crippen MR) is 144 cm³/mol. The molecule has 0 unspecified atom stereocenters. The monoisotopic (exact) mass is 452 g/mol. The fraction of sp³-hybridized carbons (Fsp3) is 0.233. The van der Waals surface area contributed by atoms with Crippen molar-refractivity contribution in [1.82, 2.24) is 9.97 Å². The minimum absolute atomic E-state index is 0.170. The maximum absolute atomic E-state index is 13.2. The molecule has 0 aliphatic heterocycles. The summed E-state index contributed by atoms with van der Waals surface area (Å²) in [5.41, 5.74) is 4.82. The SMILES string of the molecule is CCC=CCCB(c1ccccc1)c1ccccc1.CCc1cc(F)cc(Cc2ncc[nH]2)c1. The summed E-state index contributed by atoms with van der Waals surface area (Å²) in [6.45, 7) is 4.71. The Balaban J connectivity index is 0.000000196. The maximum Gasteiger partial charge on any atom is 0.209 e. The van der Waals surface area contributed by atoms with Crippen molar-refractivity contribution in [2.45, 2.75) is 45.9 Å². The van der Waals surface area contributed by atoms with Gasteiger partial charge in [0.05, 0.1) is 0 Å². The van der Waals surface area contributed by atoms with Crippen LogP contribution in [0.2, 0.25) is 6.32 Å². The summed E-state index contributed by atoms with van der Waals surface area (Å²) in [5.74, 6) is 0.693. The summed E-state index contributed by atoms with van der Waals surface area (Å²) in [6, 6.07) is 26.8. The van der Waals surface area contributed by atoms with Gasteiger partial charge < -0.3 is 4.98 Å². The molecule has 3 aromatic carbocycles. The zero-order valence-corrected chi connectivity index (χ0v) is 20.3. The number of aromatic nitrogens is 2. The van der Waals surface area contributed by atoms with Crippen LogP contribution in [0.15, 0.2) is 103 Å². The summed E-state index contributed by atoms with van der Waals surface area (Å²) in [4.78, 5) is 7.13. The van der Waals surface area contributed by atoms with Crippen LogP contribution < -0.4 is 10.9 Å². The molecule has 0 atom stereocenters. The lowest BCUT2D eigenvalue weighted by molar-refractivity contribution is 0.623. The van der Waals surface area contributed by atoms with Gasteiger partial charge in [-0.05, 0) is 42.5 Å². The first kappa shape index (κ1) is 25.2. The van der Waals surface area contributed by atoms with Gasteiger partial charge in [-0.25, -0.2) is 9.37 Å². The van der Waals surface area contributed by atoms with E-state index in [2.05, 4.69) is 89.7 Å². The molecule has 1 N–H and O–H groups in total. The molecular weight excluding hydrogens is 418 g/mol. The van der Waals surface area contributed by atoms with Gasteiger partial charge >= 0.3 is 0 Å². The minimum Gasteiger partial charge on any atom is -0.348 e. The van der Waals surface area contributed by atoms with E-state index in [1.54, 1.807) is 24.5 Å². The molecule has 0 spiro atoms. The van der Waals surface area contributed by atoms with Gasteiger partial charge in [0, 0.05) is 18.8 Å². The molecule has 4 aromatic rings. The van der Waals surface area contributed by atoms with Gasteiger partial charge in [0.25, 0.3) is 0 Å². The average molecular weight is 452 g/mol. The van der Waals surface area contributed by atoms with Crippen LogP contribution in [0, 0.1) is 5.82 Å². The molecule has 0 aliphatic carbocycles. The zero-order chi connectivity index (χ0) is 24.0. The van der Waals surface area contributed by atoms with Crippen molar-refractivity contribution in [2.24, 2.45) is 0 Å². The van der Waals surface area contributed by atoms with Gasteiger partial charge in [-0.2, -0.15) is 0 Å². The number of nitrogens with one attached hydrogen (secondary N) is 1. The van der Waals surface area contributed by atoms with Gasteiger partial charge in [-0.15, -0.1) is 0 Å². The van der Waals surface area contributed by atoms with Crippen LogP contribution in [0.4, 0.5) is 4.39 Å². The number of aryl methyl sites for hydroxylation is 1. The Morgan fingerprint density at radius 1 is 0.853 bits per heavy atom. The average Bonchev–Trinajstić information content (AvgIpc) is 3.38. The summed E-state index contributed by atoms with van der Waals surface area (Å²) >= 11 is 0. The molecule has 4 heteroatoms. The molecule has 0 saturated heterocycles. The first-order valence-electron chi connectivity index (χ1n) is 12.2. The molecule has 1 aromatic heterocycles. The van der Waals surface area contributed by atoms with E-state index >= 15 is 0 Å². The highest BCUT2D eigenvalue weighted by Crippen LogP contribution is 2.12. The van der Waals surface area contributed by atoms with Gasteiger partial charge in [-0.3, -0.25) is 0 Å². The topological polar surface area (TPSA) is 28.7 Å². The number of imidazole rings is 1. The minimum atomic E-state index is -0.170. The summed E-state index contributed by atoms with van der Waals surface area (Å²) in [7, 11) is 0. The quantitative estimate of drug-likeness (QED) is 0.233. The van der Waals surface area contributed by atoms with E-state index in [0.717, 1.165) is 36.2 Å². The molecule has 174 valence electrons. The van der Waals surface area contributed by atoms with Crippen molar-refractivity contribution >= 4 is 17.6 Å². The molecule has 34 heavy (non-hydrogen) atoms. The van der Waals surface area contributed by atoms with E-state index in [-0.39, 0.29) is 5.82 Å².